The smallest absolute Gasteiger partial charge is 0.254 e. The van der Waals surface area contributed by atoms with Crippen molar-refractivity contribution in [2.45, 2.75) is 6.92 Å². The Morgan fingerprint density at radius 1 is 1.36 bits per heavy atom. The molecule has 0 aliphatic carbocycles. The zero-order valence-electron chi connectivity index (χ0n) is 13.7. The first-order chi connectivity index (χ1) is 12.0. The van der Waals surface area contributed by atoms with E-state index >= 15 is 0 Å². The molecule has 0 N–H and O–H groups in total. The summed E-state index contributed by atoms with van der Waals surface area (Å²) in [5, 5.41) is 14.0. The molecule has 7 heteroatoms. The number of pyridine rings is 1. The molecular formula is C18H15ClN4O2. The minimum atomic E-state index is -0.152. The third kappa shape index (κ3) is 3.14. The van der Waals surface area contributed by atoms with Crippen LogP contribution < -0.4 is 10.3 Å². The molecule has 0 amide bonds. The van der Waals surface area contributed by atoms with Crippen molar-refractivity contribution in [3.8, 4) is 28.6 Å². The highest BCUT2D eigenvalue weighted by Crippen LogP contribution is 2.30. The third-order valence-electron chi connectivity index (χ3n) is 3.73. The SMILES string of the molecule is CCOc1cc(=O)n(C)cc1-c1cnn(-c2cccc(Cl)c2C#N)c1. The van der Waals surface area contributed by atoms with Crippen LogP contribution in [0.4, 0.5) is 0 Å². The first-order valence-electron chi connectivity index (χ1n) is 7.62. The van der Waals surface area contributed by atoms with E-state index in [1.165, 1.54) is 10.6 Å². The van der Waals surface area contributed by atoms with E-state index in [0.717, 1.165) is 11.1 Å². The van der Waals surface area contributed by atoms with E-state index in [0.29, 0.717) is 28.6 Å². The summed E-state index contributed by atoms with van der Waals surface area (Å²) in [6.07, 6.45) is 5.14. The van der Waals surface area contributed by atoms with Gasteiger partial charge in [0, 0.05) is 36.6 Å². The Balaban J connectivity index is 2.12. The Hall–Kier alpha value is -3.04. The summed E-state index contributed by atoms with van der Waals surface area (Å²) in [7, 11) is 1.68. The lowest BCUT2D eigenvalue weighted by atomic mass is 10.1. The molecule has 2 aromatic heterocycles. The molecule has 0 radical (unpaired) electrons. The molecule has 126 valence electrons. The van der Waals surface area contributed by atoms with Gasteiger partial charge in [0.1, 0.15) is 11.8 Å². The highest BCUT2D eigenvalue weighted by Gasteiger charge is 2.14. The van der Waals surface area contributed by atoms with Crippen LogP contribution in [0.1, 0.15) is 12.5 Å². The minimum Gasteiger partial charge on any atom is -0.493 e. The van der Waals surface area contributed by atoms with Crippen LogP contribution in [0, 0.1) is 11.3 Å². The lowest BCUT2D eigenvalue weighted by Crippen LogP contribution is -2.15. The van der Waals surface area contributed by atoms with E-state index in [-0.39, 0.29) is 5.56 Å². The van der Waals surface area contributed by atoms with Gasteiger partial charge in [-0.05, 0) is 19.1 Å². The number of aromatic nitrogens is 3. The summed E-state index contributed by atoms with van der Waals surface area (Å²) in [5.41, 5.74) is 2.30. The van der Waals surface area contributed by atoms with Gasteiger partial charge in [-0.2, -0.15) is 10.4 Å². The van der Waals surface area contributed by atoms with Crippen LogP contribution in [0.3, 0.4) is 0 Å². The van der Waals surface area contributed by atoms with Crippen LogP contribution in [-0.4, -0.2) is 21.0 Å². The predicted molar refractivity (Wildman–Crippen MR) is 95.1 cm³/mol. The van der Waals surface area contributed by atoms with Crippen LogP contribution >= 0.6 is 11.6 Å². The molecule has 0 bridgehead atoms. The molecule has 0 saturated heterocycles. The number of ether oxygens (including phenoxy) is 1. The molecule has 0 fully saturated rings. The maximum absolute atomic E-state index is 11.9. The lowest BCUT2D eigenvalue weighted by molar-refractivity contribution is 0.340. The van der Waals surface area contributed by atoms with Crippen LogP contribution in [-0.2, 0) is 7.05 Å². The molecular weight excluding hydrogens is 340 g/mol. The van der Waals surface area contributed by atoms with Gasteiger partial charge in [0.25, 0.3) is 5.56 Å². The number of aryl methyl sites for hydroxylation is 1. The second kappa shape index (κ2) is 6.83. The average molecular weight is 355 g/mol. The Morgan fingerprint density at radius 3 is 2.88 bits per heavy atom. The quantitative estimate of drug-likeness (QED) is 0.721. The van der Waals surface area contributed by atoms with Gasteiger partial charge >= 0.3 is 0 Å². The van der Waals surface area contributed by atoms with Crippen molar-refractivity contribution in [3.05, 3.63) is 63.8 Å². The number of halogens is 1. The van der Waals surface area contributed by atoms with Crippen molar-refractivity contribution >= 4 is 11.6 Å². The topological polar surface area (TPSA) is 72.8 Å². The van der Waals surface area contributed by atoms with Gasteiger partial charge in [0.15, 0.2) is 0 Å². The molecule has 6 nitrogen and oxygen atoms in total. The van der Waals surface area contributed by atoms with E-state index in [1.54, 1.807) is 48.5 Å². The van der Waals surface area contributed by atoms with Gasteiger partial charge in [-0.3, -0.25) is 4.79 Å². The number of hydrogen-bond donors (Lipinski definition) is 0. The van der Waals surface area contributed by atoms with E-state index in [4.69, 9.17) is 16.3 Å². The summed E-state index contributed by atoms with van der Waals surface area (Å²) in [4.78, 5) is 11.9. The zero-order chi connectivity index (χ0) is 18.0. The molecule has 0 atom stereocenters. The van der Waals surface area contributed by atoms with Gasteiger partial charge in [-0.25, -0.2) is 4.68 Å². The summed E-state index contributed by atoms with van der Waals surface area (Å²) < 4.78 is 8.65. The van der Waals surface area contributed by atoms with Crippen molar-refractivity contribution < 1.29 is 4.74 Å². The van der Waals surface area contributed by atoms with Gasteiger partial charge in [0.05, 0.1) is 29.1 Å². The van der Waals surface area contributed by atoms with Crippen molar-refractivity contribution in [3.63, 3.8) is 0 Å². The van der Waals surface area contributed by atoms with Gasteiger partial charge in [0.2, 0.25) is 0 Å². The molecule has 2 heterocycles. The Bertz CT molecular complexity index is 1030. The summed E-state index contributed by atoms with van der Waals surface area (Å²) in [6.45, 7) is 2.30. The fourth-order valence-corrected chi connectivity index (χ4v) is 2.72. The first-order valence-corrected chi connectivity index (χ1v) is 8.00. The van der Waals surface area contributed by atoms with Crippen molar-refractivity contribution in [1.82, 2.24) is 14.3 Å². The Labute approximate surface area is 149 Å². The van der Waals surface area contributed by atoms with Gasteiger partial charge in [-0.15, -0.1) is 0 Å². The Morgan fingerprint density at radius 2 is 2.16 bits per heavy atom. The standard InChI is InChI=1S/C18H15ClN4O2/c1-3-25-17-7-18(24)22(2)11-14(17)12-9-21-23(10-12)16-6-4-5-15(19)13(16)8-20/h4-7,9-11H,3H2,1-2H3. The highest BCUT2D eigenvalue weighted by atomic mass is 35.5. The maximum atomic E-state index is 11.9. The van der Waals surface area contributed by atoms with Crippen LogP contribution in [0.5, 0.6) is 5.75 Å². The number of nitrogens with zero attached hydrogens (tertiary/aromatic N) is 4. The van der Waals surface area contributed by atoms with Gasteiger partial charge < -0.3 is 9.30 Å². The highest BCUT2D eigenvalue weighted by molar-refractivity contribution is 6.32. The number of benzene rings is 1. The molecule has 1 aromatic carbocycles. The molecule has 0 unspecified atom stereocenters. The van der Waals surface area contributed by atoms with E-state index < -0.39 is 0 Å². The minimum absolute atomic E-state index is 0.152. The molecule has 0 aliphatic rings. The van der Waals surface area contributed by atoms with Crippen molar-refractivity contribution in [2.75, 3.05) is 6.61 Å². The van der Waals surface area contributed by atoms with Gasteiger partial charge in [-0.1, -0.05) is 17.7 Å². The number of nitriles is 1. The fourth-order valence-electron chi connectivity index (χ4n) is 2.51. The molecule has 3 rings (SSSR count). The molecule has 0 saturated carbocycles. The summed E-state index contributed by atoms with van der Waals surface area (Å²) in [6, 6.07) is 8.74. The first kappa shape index (κ1) is 16.8. The Kier molecular flexibility index (Phi) is 4.59. The zero-order valence-corrected chi connectivity index (χ0v) is 14.5. The third-order valence-corrected chi connectivity index (χ3v) is 4.05. The van der Waals surface area contributed by atoms with E-state index in [2.05, 4.69) is 11.2 Å². The van der Waals surface area contributed by atoms with E-state index in [9.17, 15) is 10.1 Å². The van der Waals surface area contributed by atoms with Crippen LogP contribution in [0.25, 0.3) is 16.8 Å². The van der Waals surface area contributed by atoms with Crippen molar-refractivity contribution in [1.29, 1.82) is 5.26 Å². The number of rotatable bonds is 4. The second-order valence-corrected chi connectivity index (χ2v) is 5.76. The van der Waals surface area contributed by atoms with Crippen LogP contribution in [0.2, 0.25) is 5.02 Å². The largest absolute Gasteiger partial charge is 0.493 e. The van der Waals surface area contributed by atoms with Crippen molar-refractivity contribution in [2.24, 2.45) is 7.05 Å². The summed E-state index contributed by atoms with van der Waals surface area (Å²) in [5.74, 6) is 0.497. The normalized spacial score (nSPS) is 10.5. The monoisotopic (exact) mass is 354 g/mol. The number of hydrogen-bond acceptors (Lipinski definition) is 4. The van der Waals surface area contributed by atoms with Crippen LogP contribution in [0.15, 0.2) is 47.7 Å². The molecule has 0 aliphatic heterocycles. The predicted octanol–water partition coefficient (Wildman–Crippen LogP) is 3.16. The lowest BCUT2D eigenvalue weighted by Gasteiger charge is -2.10. The van der Waals surface area contributed by atoms with E-state index in [1.807, 2.05) is 6.92 Å². The molecule has 25 heavy (non-hydrogen) atoms. The second-order valence-electron chi connectivity index (χ2n) is 5.35. The maximum Gasteiger partial charge on any atom is 0.254 e. The fraction of sp³-hybridized carbons (Fsp3) is 0.167. The summed E-state index contributed by atoms with van der Waals surface area (Å²) >= 11 is 6.09. The average Bonchev–Trinajstić information content (AvgIpc) is 3.07. The molecule has 3 aromatic rings. The molecule has 0 spiro atoms.